The van der Waals surface area contributed by atoms with Crippen molar-refractivity contribution in [3.05, 3.63) is 69.3 Å². The predicted octanol–water partition coefficient (Wildman–Crippen LogP) is 7.81. The van der Waals surface area contributed by atoms with Crippen molar-refractivity contribution in [2.45, 2.75) is 115 Å². The Morgan fingerprint density at radius 1 is 1.10 bits per heavy atom. The van der Waals surface area contributed by atoms with Gasteiger partial charge in [0, 0.05) is 54.5 Å². The topological polar surface area (TPSA) is 136 Å². The second kappa shape index (κ2) is 15.0. The lowest BCUT2D eigenvalue weighted by Gasteiger charge is -2.49. The number of carbonyl (C=O) groups is 1. The first-order chi connectivity index (χ1) is 29.7. The summed E-state index contributed by atoms with van der Waals surface area (Å²) in [7, 11) is 0. The number of nitrogens with zero attached hydrogens (tertiary/aromatic N) is 6. The second-order valence-electron chi connectivity index (χ2n) is 17.9. The van der Waals surface area contributed by atoms with Crippen LogP contribution in [0.3, 0.4) is 0 Å². The molecule has 0 N–H and O–H groups in total. The van der Waals surface area contributed by atoms with Crippen LogP contribution in [0.1, 0.15) is 88.5 Å². The molecule has 4 fully saturated rings. The highest BCUT2D eigenvalue weighted by atomic mass is 19.1. The Hall–Kier alpha value is -5.66. The number of hydrogen-bond acceptors (Lipinski definition) is 13. The maximum atomic E-state index is 18.0. The minimum atomic E-state index is -0.983. The normalized spacial score (nSPS) is 26.8. The van der Waals surface area contributed by atoms with Gasteiger partial charge in [0.05, 0.1) is 34.8 Å². The molecule has 0 spiro atoms. The number of piperazine rings is 1. The van der Waals surface area contributed by atoms with Crippen LogP contribution in [-0.4, -0.2) is 93.1 Å². The van der Waals surface area contributed by atoms with Crippen LogP contribution >= 0.6 is 0 Å². The first kappa shape index (κ1) is 40.4. The van der Waals surface area contributed by atoms with Crippen LogP contribution in [0, 0.1) is 36.8 Å². The molecule has 5 aliphatic heterocycles. The zero-order valence-electron chi connectivity index (χ0n) is 35.2. The Morgan fingerprint density at radius 3 is 2.68 bits per heavy atom. The first-order valence-corrected chi connectivity index (χ1v) is 21.4. The van der Waals surface area contributed by atoms with E-state index in [4.69, 9.17) is 44.4 Å². The lowest BCUT2D eigenvalue weighted by Crippen LogP contribution is -2.62. The largest absolute Gasteiger partial charge is 0.519 e. The molecule has 16 heteroatoms. The van der Waals surface area contributed by atoms with Crippen molar-refractivity contribution >= 4 is 33.6 Å². The van der Waals surface area contributed by atoms with Crippen molar-refractivity contribution in [2.24, 2.45) is 5.92 Å². The monoisotopic (exact) mass is 852 g/mol. The molecular formula is C46H47F3N6O7. The molecular weight excluding hydrogens is 806 g/mol. The molecule has 4 saturated heterocycles. The fourth-order valence-electron chi connectivity index (χ4n) is 11.1. The summed E-state index contributed by atoms with van der Waals surface area (Å²) in [5, 5.41) is 1.00. The number of anilines is 1. The minimum absolute atomic E-state index is 0.00811. The van der Waals surface area contributed by atoms with Crippen molar-refractivity contribution in [2.75, 3.05) is 31.1 Å². The summed E-state index contributed by atoms with van der Waals surface area (Å²) < 4.78 is 76.4. The van der Waals surface area contributed by atoms with Gasteiger partial charge in [-0.25, -0.2) is 27.7 Å². The van der Waals surface area contributed by atoms with Gasteiger partial charge in [-0.15, -0.1) is 6.42 Å². The molecule has 62 heavy (non-hydrogen) atoms. The first-order valence-electron chi connectivity index (χ1n) is 21.4. The fourth-order valence-corrected chi connectivity index (χ4v) is 11.1. The highest BCUT2D eigenvalue weighted by Crippen LogP contribution is 2.51. The van der Waals surface area contributed by atoms with Gasteiger partial charge in [0.15, 0.2) is 11.6 Å². The van der Waals surface area contributed by atoms with Crippen LogP contribution in [0.4, 0.5) is 23.8 Å². The average Bonchev–Trinajstić information content (AvgIpc) is 3.92. The van der Waals surface area contributed by atoms with E-state index in [0.29, 0.717) is 59.9 Å². The van der Waals surface area contributed by atoms with Crippen LogP contribution in [0.15, 0.2) is 37.9 Å². The number of benzene rings is 2. The number of fused-ring (bicyclic) bond motifs is 7. The van der Waals surface area contributed by atoms with Crippen LogP contribution < -0.4 is 20.2 Å². The van der Waals surface area contributed by atoms with E-state index in [0.717, 1.165) is 32.2 Å². The maximum absolute atomic E-state index is 18.0. The lowest BCUT2D eigenvalue weighted by molar-refractivity contribution is 0.0729. The number of aromatic nitrogens is 3. The van der Waals surface area contributed by atoms with E-state index in [1.165, 1.54) is 24.3 Å². The number of ether oxygens (including phenoxy) is 3. The van der Waals surface area contributed by atoms with Gasteiger partial charge in [0.1, 0.15) is 47.1 Å². The Morgan fingerprint density at radius 2 is 1.92 bits per heavy atom. The van der Waals surface area contributed by atoms with Gasteiger partial charge >= 0.3 is 18.0 Å². The summed E-state index contributed by atoms with van der Waals surface area (Å²) >= 11 is 0. The highest BCUT2D eigenvalue weighted by Gasteiger charge is 2.53. The minimum Gasteiger partial charge on any atom is -0.461 e. The maximum Gasteiger partial charge on any atom is 0.519 e. The Bertz CT molecular complexity index is 2750. The number of aryl methyl sites for hydroxylation is 1. The number of pyridine rings is 1. The summed E-state index contributed by atoms with van der Waals surface area (Å²) in [4.78, 5) is 46.6. The third kappa shape index (κ3) is 6.49. The molecule has 0 aliphatic carbocycles. The molecule has 3 aromatic heterocycles. The quantitative estimate of drug-likeness (QED) is 0.0854. The summed E-state index contributed by atoms with van der Waals surface area (Å²) in [5.41, 5.74) is -0.264. The zero-order valence-corrected chi connectivity index (χ0v) is 35.2. The Balaban J connectivity index is 1.16. The van der Waals surface area contributed by atoms with Gasteiger partial charge in [-0.3, -0.25) is 9.80 Å². The highest BCUT2D eigenvalue weighted by molar-refractivity contribution is 6.04. The summed E-state index contributed by atoms with van der Waals surface area (Å²) in [6.45, 7) is 11.4. The molecule has 8 heterocycles. The van der Waals surface area contributed by atoms with E-state index in [1.54, 1.807) is 20.8 Å². The molecule has 5 aliphatic rings. The van der Waals surface area contributed by atoms with Crippen LogP contribution in [-0.2, 0) is 11.3 Å². The van der Waals surface area contributed by atoms with Crippen molar-refractivity contribution < 1.29 is 41.0 Å². The van der Waals surface area contributed by atoms with Crippen molar-refractivity contribution in [3.8, 4) is 35.4 Å². The number of rotatable bonds is 8. The van der Waals surface area contributed by atoms with Gasteiger partial charge in [-0.05, 0) is 82.5 Å². The third-order valence-corrected chi connectivity index (χ3v) is 14.0. The average molecular weight is 853 g/mol. The molecule has 324 valence electrons. The smallest absolute Gasteiger partial charge is 0.461 e. The van der Waals surface area contributed by atoms with Crippen molar-refractivity contribution in [1.82, 2.24) is 24.8 Å². The number of alkyl halides is 1. The standard InChI is InChI=1S/C46H47F3N6O7/c1-7-30-32(48)11-9-26-15-29(61-44(56)59-22(2)3)16-31(35(26)30)39-37(49)40-36-38(50-39)23(4)24(5)41-33-12-10-28(54(33)20-34-25(6)60-45(57)62-34)19-55(41)42(36)52-43(51-40)58-21-46-13-8-14-53(46)18-27(47)17-46/h1,9,11,15-16,22-24,27-28,33,41H,8,10,12-14,17-21H2,2-6H3/t23-,24+,27-,28-,33+,41+,46+/m1/s1. The molecule has 7 atom stereocenters. The number of hydrogen-bond donors (Lipinski definition) is 0. The van der Waals surface area contributed by atoms with Crippen LogP contribution in [0.25, 0.3) is 32.9 Å². The SMILES string of the molecule is C#Cc1c(F)ccc2cc(OC(=O)OC(C)C)cc(-c3nc4c5c(nc(OC[C@@]67CCCN6C[C@H](F)C7)nc5c3F)N3C[C@H]5CC[C@@H]([C@@H]3[C@@H](C)[C@H]4C)N5Cc3oc(=O)oc3C)c12. The van der Waals surface area contributed by atoms with E-state index in [2.05, 4.69) is 27.5 Å². The zero-order chi connectivity index (χ0) is 43.4. The predicted molar refractivity (Wildman–Crippen MR) is 222 cm³/mol. The number of terminal acetylenes is 1. The van der Waals surface area contributed by atoms with Gasteiger partial charge in [-0.1, -0.05) is 25.8 Å². The Kier molecular flexibility index (Phi) is 9.78. The summed E-state index contributed by atoms with van der Waals surface area (Å²) in [5.74, 6) is 1.16. The molecule has 10 rings (SSSR count). The summed E-state index contributed by atoms with van der Waals surface area (Å²) in [6, 6.07) is 5.41. The fraction of sp³-hybridized carbons (Fsp3) is 0.500. The molecule has 0 amide bonds. The molecule has 0 unspecified atom stereocenters. The third-order valence-electron chi connectivity index (χ3n) is 14.0. The van der Waals surface area contributed by atoms with E-state index in [1.807, 2.05) is 6.92 Å². The second-order valence-corrected chi connectivity index (χ2v) is 17.9. The number of carbonyl (C=O) groups excluding carboxylic acids is 1. The van der Waals surface area contributed by atoms with Crippen molar-refractivity contribution in [1.29, 1.82) is 0 Å². The van der Waals surface area contributed by atoms with E-state index >= 15 is 8.78 Å². The van der Waals surface area contributed by atoms with Gasteiger partial charge in [0.2, 0.25) is 0 Å². The molecule has 2 aromatic carbocycles. The van der Waals surface area contributed by atoms with E-state index in [9.17, 15) is 14.0 Å². The number of halogens is 3. The molecule has 5 aromatic rings. The molecule has 0 saturated carbocycles. The van der Waals surface area contributed by atoms with Crippen LogP contribution in [0.2, 0.25) is 0 Å². The van der Waals surface area contributed by atoms with Gasteiger partial charge in [-0.2, -0.15) is 9.97 Å². The van der Waals surface area contributed by atoms with Crippen molar-refractivity contribution in [3.63, 3.8) is 0 Å². The van der Waals surface area contributed by atoms with Gasteiger partial charge < -0.3 is 27.9 Å². The van der Waals surface area contributed by atoms with E-state index < -0.39 is 41.4 Å². The van der Waals surface area contributed by atoms with Gasteiger partial charge in [0.25, 0.3) is 0 Å². The lowest BCUT2D eigenvalue weighted by atomic mass is 9.81. The molecule has 0 radical (unpaired) electrons. The molecule has 2 bridgehead atoms. The van der Waals surface area contributed by atoms with Crippen LogP contribution in [0.5, 0.6) is 11.8 Å². The Labute approximate surface area is 355 Å². The summed E-state index contributed by atoms with van der Waals surface area (Å²) in [6.07, 6.45) is 7.20. The van der Waals surface area contributed by atoms with E-state index in [-0.39, 0.29) is 76.1 Å². The molecule has 13 nitrogen and oxygen atoms in total.